The number of para-hydroxylation sites is 1. The van der Waals surface area contributed by atoms with Crippen LogP contribution in [0.5, 0.6) is 11.5 Å². The summed E-state index contributed by atoms with van der Waals surface area (Å²) in [6.07, 6.45) is 1.92. The Hall–Kier alpha value is -3.93. The number of aromatic nitrogens is 3. The quantitative estimate of drug-likeness (QED) is 0.458. The van der Waals surface area contributed by atoms with E-state index in [0.717, 1.165) is 48.1 Å². The fraction of sp³-hybridized carbons (Fsp3) is 0.222. The summed E-state index contributed by atoms with van der Waals surface area (Å²) in [7, 11) is 0. The number of aryl methyl sites for hydroxylation is 2. The highest BCUT2D eigenvalue weighted by molar-refractivity contribution is 5.94. The minimum absolute atomic E-state index is 0.0804. The van der Waals surface area contributed by atoms with Crippen LogP contribution in [0.1, 0.15) is 45.5 Å². The van der Waals surface area contributed by atoms with E-state index in [4.69, 9.17) is 4.74 Å². The summed E-state index contributed by atoms with van der Waals surface area (Å²) in [5.41, 5.74) is 2.84. The van der Waals surface area contributed by atoms with Crippen LogP contribution in [0, 0.1) is 6.92 Å². The third-order valence-electron chi connectivity index (χ3n) is 6.08. The van der Waals surface area contributed by atoms with Crippen LogP contribution in [0.3, 0.4) is 0 Å². The van der Waals surface area contributed by atoms with E-state index in [1.807, 2.05) is 79.7 Å². The van der Waals surface area contributed by atoms with Crippen LogP contribution >= 0.6 is 0 Å². The normalized spacial score (nSPS) is 15.0. The molecule has 1 amide bonds. The lowest BCUT2D eigenvalue weighted by atomic mass is 9.90. The Labute approximate surface area is 193 Å². The monoisotopic (exact) mass is 438 g/mol. The topological polar surface area (TPSA) is 69.0 Å². The van der Waals surface area contributed by atoms with Gasteiger partial charge in [-0.15, -0.1) is 10.2 Å². The molecule has 3 aromatic carbocycles. The summed E-state index contributed by atoms with van der Waals surface area (Å²) in [5.74, 6) is 3.80. The van der Waals surface area contributed by atoms with Gasteiger partial charge in [-0.2, -0.15) is 0 Å². The predicted molar refractivity (Wildman–Crippen MR) is 126 cm³/mol. The maximum absolute atomic E-state index is 12.9. The van der Waals surface area contributed by atoms with Crippen LogP contribution in [0.4, 0.5) is 0 Å². The van der Waals surface area contributed by atoms with Gasteiger partial charge in [-0.25, -0.2) is 0 Å². The van der Waals surface area contributed by atoms with E-state index >= 15 is 0 Å². The number of carbonyl (C=O) groups is 1. The number of hydrogen-bond donors (Lipinski definition) is 1. The Kier molecular flexibility index (Phi) is 5.89. The Morgan fingerprint density at radius 1 is 1.00 bits per heavy atom. The molecule has 166 valence electrons. The van der Waals surface area contributed by atoms with E-state index < -0.39 is 0 Å². The highest BCUT2D eigenvalue weighted by Crippen LogP contribution is 2.29. The summed E-state index contributed by atoms with van der Waals surface area (Å²) in [4.78, 5) is 12.9. The summed E-state index contributed by atoms with van der Waals surface area (Å²) in [6.45, 7) is 3.28. The molecule has 1 aliphatic rings. The average Bonchev–Trinajstić information content (AvgIpc) is 3.23. The van der Waals surface area contributed by atoms with Crippen molar-refractivity contribution in [3.05, 3.63) is 107 Å². The second-order valence-electron chi connectivity index (χ2n) is 8.38. The summed E-state index contributed by atoms with van der Waals surface area (Å²) in [5, 5.41) is 11.5. The van der Waals surface area contributed by atoms with Gasteiger partial charge in [0.25, 0.3) is 5.91 Å². The smallest absolute Gasteiger partial charge is 0.251 e. The molecule has 1 aromatic heterocycles. The first-order chi connectivity index (χ1) is 16.2. The number of rotatable bonds is 6. The van der Waals surface area contributed by atoms with E-state index in [-0.39, 0.29) is 5.91 Å². The maximum Gasteiger partial charge on any atom is 0.251 e. The van der Waals surface area contributed by atoms with E-state index in [1.165, 1.54) is 5.56 Å². The lowest BCUT2D eigenvalue weighted by molar-refractivity contribution is 0.0950. The van der Waals surface area contributed by atoms with E-state index in [0.29, 0.717) is 18.0 Å². The minimum Gasteiger partial charge on any atom is -0.457 e. The Morgan fingerprint density at radius 2 is 1.82 bits per heavy atom. The van der Waals surface area contributed by atoms with E-state index in [1.54, 1.807) is 0 Å². The number of carbonyl (C=O) groups excluding carboxylic acids is 1. The molecule has 6 nitrogen and oxygen atoms in total. The fourth-order valence-corrected chi connectivity index (χ4v) is 4.30. The van der Waals surface area contributed by atoms with Gasteiger partial charge in [0, 0.05) is 31.0 Å². The van der Waals surface area contributed by atoms with Gasteiger partial charge in [0.15, 0.2) is 0 Å². The largest absolute Gasteiger partial charge is 0.457 e. The number of hydrogen-bond acceptors (Lipinski definition) is 4. The standard InChI is InChI=1S/C27H26N4O2/c1-19-29-30-26-14-13-23(18-31(19)26)21-8-6-9-22(16-21)27(32)28-17-20-7-5-12-25(15-20)33-24-10-3-2-4-11-24/h2-12,15-16,23H,13-14,17-18H2,1H3,(H,28,32)/t23-/m0/s1. The van der Waals surface area contributed by atoms with Crippen LogP contribution in [0.15, 0.2) is 78.9 Å². The van der Waals surface area contributed by atoms with Crippen LogP contribution in [-0.2, 0) is 19.5 Å². The van der Waals surface area contributed by atoms with Gasteiger partial charge in [0.05, 0.1) is 0 Å². The van der Waals surface area contributed by atoms with Gasteiger partial charge >= 0.3 is 0 Å². The molecule has 0 spiro atoms. The number of benzene rings is 3. The summed E-state index contributed by atoms with van der Waals surface area (Å²) in [6, 6.07) is 25.4. The molecule has 1 aliphatic heterocycles. The molecule has 6 heteroatoms. The van der Waals surface area contributed by atoms with Crippen molar-refractivity contribution in [2.45, 2.75) is 38.8 Å². The predicted octanol–water partition coefficient (Wildman–Crippen LogP) is 5.04. The Balaban J connectivity index is 1.23. The SMILES string of the molecule is Cc1nnc2n1C[C@@H](c1cccc(C(=O)NCc3cccc(Oc4ccccc4)c3)c1)CC2. The molecule has 0 saturated carbocycles. The van der Waals surface area contributed by atoms with E-state index in [9.17, 15) is 4.79 Å². The molecule has 0 radical (unpaired) electrons. The molecule has 2 heterocycles. The highest BCUT2D eigenvalue weighted by Gasteiger charge is 2.23. The van der Waals surface area contributed by atoms with Gasteiger partial charge in [-0.3, -0.25) is 4.79 Å². The molecule has 1 N–H and O–H groups in total. The van der Waals surface area contributed by atoms with Crippen LogP contribution in [-0.4, -0.2) is 20.7 Å². The molecule has 0 bridgehead atoms. The lowest BCUT2D eigenvalue weighted by Gasteiger charge is -2.24. The zero-order chi connectivity index (χ0) is 22.6. The van der Waals surface area contributed by atoms with Gasteiger partial charge in [-0.1, -0.05) is 42.5 Å². The van der Waals surface area contributed by atoms with Crippen molar-refractivity contribution in [2.24, 2.45) is 0 Å². The van der Waals surface area contributed by atoms with Crippen molar-refractivity contribution in [1.82, 2.24) is 20.1 Å². The zero-order valence-corrected chi connectivity index (χ0v) is 18.6. The third kappa shape index (κ3) is 4.80. The molecule has 4 aromatic rings. The number of ether oxygens (including phenoxy) is 1. The van der Waals surface area contributed by atoms with Gasteiger partial charge in [-0.05, 0) is 60.9 Å². The second-order valence-corrected chi connectivity index (χ2v) is 8.38. The first-order valence-corrected chi connectivity index (χ1v) is 11.2. The summed E-state index contributed by atoms with van der Waals surface area (Å²) < 4.78 is 8.08. The molecule has 1 atom stereocenters. The van der Waals surface area contributed by atoms with Crippen molar-refractivity contribution >= 4 is 5.91 Å². The molecule has 5 rings (SSSR count). The number of nitrogens with one attached hydrogen (secondary N) is 1. The zero-order valence-electron chi connectivity index (χ0n) is 18.6. The molecule has 0 saturated heterocycles. The van der Waals surface area contributed by atoms with Crippen molar-refractivity contribution in [3.8, 4) is 11.5 Å². The molecule has 0 unspecified atom stereocenters. The first kappa shape index (κ1) is 20.9. The third-order valence-corrected chi connectivity index (χ3v) is 6.08. The van der Waals surface area contributed by atoms with Crippen LogP contribution < -0.4 is 10.1 Å². The van der Waals surface area contributed by atoms with Crippen molar-refractivity contribution in [1.29, 1.82) is 0 Å². The maximum atomic E-state index is 12.9. The molecule has 0 fully saturated rings. The average molecular weight is 439 g/mol. The Morgan fingerprint density at radius 3 is 2.70 bits per heavy atom. The van der Waals surface area contributed by atoms with Gasteiger partial charge in [0.1, 0.15) is 23.1 Å². The molecule has 0 aliphatic carbocycles. The van der Waals surface area contributed by atoms with Crippen molar-refractivity contribution < 1.29 is 9.53 Å². The first-order valence-electron chi connectivity index (χ1n) is 11.2. The van der Waals surface area contributed by atoms with Gasteiger partial charge in [0.2, 0.25) is 0 Å². The second kappa shape index (κ2) is 9.28. The highest BCUT2D eigenvalue weighted by atomic mass is 16.5. The number of amides is 1. The van der Waals surface area contributed by atoms with Crippen LogP contribution in [0.2, 0.25) is 0 Å². The van der Waals surface area contributed by atoms with Crippen molar-refractivity contribution in [3.63, 3.8) is 0 Å². The van der Waals surface area contributed by atoms with Gasteiger partial charge < -0.3 is 14.6 Å². The fourth-order valence-electron chi connectivity index (χ4n) is 4.30. The lowest BCUT2D eigenvalue weighted by Crippen LogP contribution is -2.24. The minimum atomic E-state index is -0.0804. The molecular formula is C27H26N4O2. The number of fused-ring (bicyclic) bond motifs is 1. The molecular weight excluding hydrogens is 412 g/mol. The number of nitrogens with zero attached hydrogens (tertiary/aromatic N) is 3. The molecule has 33 heavy (non-hydrogen) atoms. The summed E-state index contributed by atoms with van der Waals surface area (Å²) >= 11 is 0. The van der Waals surface area contributed by atoms with E-state index in [2.05, 4.69) is 26.1 Å². The van der Waals surface area contributed by atoms with Crippen LogP contribution in [0.25, 0.3) is 0 Å². The Bertz CT molecular complexity index is 1270. The van der Waals surface area contributed by atoms with Crippen molar-refractivity contribution in [2.75, 3.05) is 0 Å².